The zero-order valence-corrected chi connectivity index (χ0v) is 16.7. The molecule has 2 aromatic carbocycles. The lowest BCUT2D eigenvalue weighted by Gasteiger charge is -2.46. The third-order valence-corrected chi connectivity index (χ3v) is 6.31. The summed E-state index contributed by atoms with van der Waals surface area (Å²) in [5, 5.41) is 5.47. The highest BCUT2D eigenvalue weighted by Crippen LogP contribution is 2.31. The molecular weight excluding hydrogens is 364 g/mol. The molecule has 2 saturated heterocycles. The van der Waals surface area contributed by atoms with E-state index >= 15 is 0 Å². The van der Waals surface area contributed by atoms with Gasteiger partial charge in [-0.3, -0.25) is 4.90 Å². The normalized spacial score (nSPS) is 22.6. The number of piperazine rings is 1. The molecule has 2 N–H and O–H groups in total. The maximum atomic E-state index is 6.05. The van der Waals surface area contributed by atoms with Gasteiger partial charge in [0.1, 0.15) is 5.75 Å². The van der Waals surface area contributed by atoms with E-state index in [2.05, 4.69) is 21.0 Å². The van der Waals surface area contributed by atoms with E-state index in [1.807, 2.05) is 42.5 Å². The van der Waals surface area contributed by atoms with Gasteiger partial charge in [0.2, 0.25) is 0 Å². The fraction of sp³-hybridized carbons (Fsp3) is 0.435. The van der Waals surface area contributed by atoms with E-state index in [1.165, 1.54) is 12.8 Å². The molecule has 6 heteroatoms. The van der Waals surface area contributed by atoms with Crippen LogP contribution < -0.4 is 15.4 Å². The Morgan fingerprint density at radius 2 is 1.90 bits per heavy atom. The maximum Gasteiger partial charge on any atom is 0.180 e. The van der Waals surface area contributed by atoms with E-state index in [-0.39, 0.29) is 0 Å². The largest absolute Gasteiger partial charge is 0.493 e. The van der Waals surface area contributed by atoms with Crippen molar-refractivity contribution in [1.29, 1.82) is 0 Å². The Bertz CT molecular complexity index is 955. The lowest BCUT2D eigenvalue weighted by Crippen LogP contribution is -2.57. The molecule has 152 valence electrons. The Morgan fingerprint density at radius 1 is 1.03 bits per heavy atom. The molecule has 6 nitrogen and oxygen atoms in total. The van der Waals surface area contributed by atoms with Gasteiger partial charge in [0.05, 0.1) is 12.0 Å². The molecule has 29 heavy (non-hydrogen) atoms. The summed E-state index contributed by atoms with van der Waals surface area (Å²) in [6.45, 7) is 5.53. The minimum atomic E-state index is 0.570. The first-order valence-corrected chi connectivity index (χ1v) is 10.6. The molecule has 0 amide bonds. The van der Waals surface area contributed by atoms with Crippen molar-refractivity contribution in [2.24, 2.45) is 11.7 Å². The second-order valence-corrected chi connectivity index (χ2v) is 8.20. The number of benzene rings is 2. The first kappa shape index (κ1) is 18.5. The van der Waals surface area contributed by atoms with Crippen molar-refractivity contribution in [3.8, 4) is 5.75 Å². The fourth-order valence-corrected chi connectivity index (χ4v) is 4.62. The van der Waals surface area contributed by atoms with E-state index in [9.17, 15) is 0 Å². The Labute approximate surface area is 171 Å². The van der Waals surface area contributed by atoms with Crippen LogP contribution in [0, 0.1) is 5.92 Å². The fourth-order valence-electron chi connectivity index (χ4n) is 4.62. The van der Waals surface area contributed by atoms with E-state index in [0.717, 1.165) is 60.9 Å². The number of piperidine rings is 1. The number of hydrogen-bond acceptors (Lipinski definition) is 6. The van der Waals surface area contributed by atoms with E-state index < -0.39 is 0 Å². The van der Waals surface area contributed by atoms with Crippen LogP contribution in [-0.2, 0) is 6.54 Å². The van der Waals surface area contributed by atoms with Crippen LogP contribution in [0.3, 0.4) is 0 Å². The number of nitrogens with two attached hydrogens (primary N) is 1. The molecular formula is C23H28N4O2. The van der Waals surface area contributed by atoms with Crippen LogP contribution in [0.4, 0.5) is 5.82 Å². The van der Waals surface area contributed by atoms with Crippen molar-refractivity contribution in [2.45, 2.75) is 25.4 Å². The second kappa shape index (κ2) is 8.05. The molecule has 2 atom stereocenters. The van der Waals surface area contributed by atoms with Gasteiger partial charge in [-0.15, -0.1) is 0 Å². The number of ether oxygens (including phenoxy) is 1. The van der Waals surface area contributed by atoms with Crippen molar-refractivity contribution in [2.75, 3.05) is 37.7 Å². The standard InChI is InChI=1S/C23H28N4O2/c24-13-17-6-9-20(10-7-17)28-16-18-5-8-19-15-27(12-11-26(19)14-18)23-21-3-1-2-4-22(21)29-25-23/h1-4,6-7,9-10,18-19H,5,8,11-16,24H2/t18-,19-/m1/s1. The number of fused-ring (bicyclic) bond motifs is 2. The Morgan fingerprint density at radius 3 is 2.76 bits per heavy atom. The number of hydrogen-bond donors (Lipinski definition) is 1. The summed E-state index contributed by atoms with van der Waals surface area (Å²) in [5.74, 6) is 2.51. The van der Waals surface area contributed by atoms with Crippen molar-refractivity contribution in [1.82, 2.24) is 10.1 Å². The van der Waals surface area contributed by atoms with Crippen molar-refractivity contribution in [3.63, 3.8) is 0 Å². The molecule has 2 fully saturated rings. The molecule has 1 aromatic heterocycles. The molecule has 0 aliphatic carbocycles. The summed E-state index contributed by atoms with van der Waals surface area (Å²) >= 11 is 0. The zero-order chi connectivity index (χ0) is 19.6. The zero-order valence-electron chi connectivity index (χ0n) is 16.7. The molecule has 5 rings (SSSR count). The summed E-state index contributed by atoms with van der Waals surface area (Å²) in [5.41, 5.74) is 7.66. The van der Waals surface area contributed by atoms with E-state index in [1.54, 1.807) is 0 Å². The summed E-state index contributed by atoms with van der Waals surface area (Å²) < 4.78 is 11.6. The average Bonchev–Trinajstić information content (AvgIpc) is 3.22. The first-order chi connectivity index (χ1) is 14.3. The van der Waals surface area contributed by atoms with Gasteiger partial charge in [0, 0.05) is 44.7 Å². The maximum absolute atomic E-state index is 6.05. The second-order valence-electron chi connectivity index (χ2n) is 8.20. The number of nitrogens with zero attached hydrogens (tertiary/aromatic N) is 3. The van der Waals surface area contributed by atoms with Gasteiger partial charge in [-0.25, -0.2) is 0 Å². The van der Waals surface area contributed by atoms with Crippen LogP contribution in [-0.4, -0.2) is 48.9 Å². The van der Waals surface area contributed by atoms with Gasteiger partial charge in [0.25, 0.3) is 0 Å². The van der Waals surface area contributed by atoms with Crippen molar-refractivity contribution >= 4 is 16.8 Å². The molecule has 0 unspecified atom stereocenters. The van der Waals surface area contributed by atoms with Crippen LogP contribution in [0.2, 0.25) is 0 Å². The van der Waals surface area contributed by atoms with Crippen molar-refractivity contribution < 1.29 is 9.26 Å². The minimum absolute atomic E-state index is 0.570. The lowest BCUT2D eigenvalue weighted by molar-refractivity contribution is 0.0727. The molecule has 3 heterocycles. The summed E-state index contributed by atoms with van der Waals surface area (Å²) in [6.07, 6.45) is 2.40. The molecule has 3 aromatic rings. The topological polar surface area (TPSA) is 67.8 Å². The highest BCUT2D eigenvalue weighted by molar-refractivity contribution is 5.88. The van der Waals surface area contributed by atoms with Gasteiger partial charge in [-0.1, -0.05) is 29.4 Å². The Balaban J connectivity index is 1.17. The molecule has 0 saturated carbocycles. The monoisotopic (exact) mass is 392 g/mol. The molecule has 2 aliphatic heterocycles. The van der Waals surface area contributed by atoms with Crippen LogP contribution in [0.15, 0.2) is 53.1 Å². The van der Waals surface area contributed by atoms with Gasteiger partial charge in [0.15, 0.2) is 11.4 Å². The Hall–Kier alpha value is -2.57. The number of rotatable bonds is 5. The van der Waals surface area contributed by atoms with E-state index in [0.29, 0.717) is 18.5 Å². The van der Waals surface area contributed by atoms with Gasteiger partial charge in [-0.2, -0.15) is 0 Å². The summed E-state index contributed by atoms with van der Waals surface area (Å²) in [6, 6.07) is 16.8. The van der Waals surface area contributed by atoms with Crippen LogP contribution in [0.5, 0.6) is 5.75 Å². The predicted molar refractivity (Wildman–Crippen MR) is 114 cm³/mol. The molecule has 2 aliphatic rings. The third kappa shape index (κ3) is 3.82. The highest BCUT2D eigenvalue weighted by Gasteiger charge is 2.34. The molecule has 0 radical (unpaired) electrons. The highest BCUT2D eigenvalue weighted by atomic mass is 16.5. The summed E-state index contributed by atoms with van der Waals surface area (Å²) in [7, 11) is 0. The average molecular weight is 393 g/mol. The molecule has 0 bridgehead atoms. The third-order valence-electron chi connectivity index (χ3n) is 6.31. The van der Waals surface area contributed by atoms with Crippen LogP contribution in [0.25, 0.3) is 11.0 Å². The smallest absolute Gasteiger partial charge is 0.180 e. The SMILES string of the molecule is NCc1ccc(OC[C@@H]2CC[C@@H]3CN(c4noc5ccccc45)CCN3C2)cc1. The van der Waals surface area contributed by atoms with Gasteiger partial charge in [-0.05, 0) is 42.7 Å². The molecule has 0 spiro atoms. The van der Waals surface area contributed by atoms with E-state index in [4.69, 9.17) is 15.0 Å². The predicted octanol–water partition coefficient (Wildman–Crippen LogP) is 3.27. The van der Waals surface area contributed by atoms with Gasteiger partial charge >= 0.3 is 0 Å². The summed E-state index contributed by atoms with van der Waals surface area (Å²) in [4.78, 5) is 5.02. The van der Waals surface area contributed by atoms with Gasteiger partial charge < -0.3 is 19.9 Å². The minimum Gasteiger partial charge on any atom is -0.493 e. The first-order valence-electron chi connectivity index (χ1n) is 10.6. The number of aromatic nitrogens is 1. The van der Waals surface area contributed by atoms with Crippen LogP contribution >= 0.6 is 0 Å². The number of para-hydroxylation sites is 1. The van der Waals surface area contributed by atoms with Crippen molar-refractivity contribution in [3.05, 3.63) is 54.1 Å². The number of anilines is 1. The van der Waals surface area contributed by atoms with Crippen LogP contribution in [0.1, 0.15) is 18.4 Å². The quantitative estimate of drug-likeness (QED) is 0.719. The Kier molecular flexibility index (Phi) is 5.12. The lowest BCUT2D eigenvalue weighted by atomic mass is 9.91.